The molecule has 1 aromatic rings. The first-order chi connectivity index (χ1) is 8.50. The van der Waals surface area contributed by atoms with E-state index < -0.39 is 0 Å². The van der Waals surface area contributed by atoms with Crippen molar-refractivity contribution in [3.05, 3.63) is 28.2 Å². The van der Waals surface area contributed by atoms with Crippen LogP contribution in [0.1, 0.15) is 43.0 Å². The zero-order valence-electron chi connectivity index (χ0n) is 10.6. The van der Waals surface area contributed by atoms with Gasteiger partial charge in [-0.05, 0) is 52.4 Å². The fourth-order valence-electron chi connectivity index (χ4n) is 2.51. The number of nitrogen functional groups attached to an aromatic ring is 1. The van der Waals surface area contributed by atoms with Crippen LogP contribution >= 0.6 is 15.9 Å². The molecule has 0 atom stereocenters. The van der Waals surface area contributed by atoms with Crippen LogP contribution < -0.4 is 11.1 Å². The zero-order valence-corrected chi connectivity index (χ0v) is 12.2. The Kier molecular flexibility index (Phi) is 3.95. The molecule has 0 spiro atoms. The number of halogens is 1. The molecule has 1 aliphatic carbocycles. The first-order valence-electron chi connectivity index (χ1n) is 6.33. The van der Waals surface area contributed by atoms with E-state index in [1.54, 1.807) is 12.1 Å². The van der Waals surface area contributed by atoms with E-state index in [9.17, 15) is 4.79 Å². The van der Waals surface area contributed by atoms with Crippen LogP contribution in [0.4, 0.5) is 5.69 Å². The number of anilines is 1. The normalized spacial score (nSPS) is 17.7. The van der Waals surface area contributed by atoms with Crippen LogP contribution in [0.2, 0.25) is 0 Å². The Labute approximate surface area is 116 Å². The van der Waals surface area contributed by atoms with E-state index in [2.05, 4.69) is 28.2 Å². The van der Waals surface area contributed by atoms with Gasteiger partial charge in [0.15, 0.2) is 0 Å². The van der Waals surface area contributed by atoms with Crippen molar-refractivity contribution in [2.75, 3.05) is 12.3 Å². The van der Waals surface area contributed by atoms with Crippen LogP contribution in [0.15, 0.2) is 22.7 Å². The third-order valence-corrected chi connectivity index (χ3v) is 4.41. The maximum atomic E-state index is 12.1. The minimum Gasteiger partial charge on any atom is -0.399 e. The zero-order chi connectivity index (χ0) is 13.2. The van der Waals surface area contributed by atoms with E-state index in [0.717, 1.165) is 11.0 Å². The predicted molar refractivity (Wildman–Crippen MR) is 77.5 cm³/mol. The molecule has 98 valence electrons. The van der Waals surface area contributed by atoms with Crippen molar-refractivity contribution in [1.82, 2.24) is 5.32 Å². The van der Waals surface area contributed by atoms with Gasteiger partial charge in [0.1, 0.15) is 0 Å². The molecule has 1 aromatic carbocycles. The SMILES string of the molecule is CC1(CNC(=O)c2cc(N)ccc2Br)CCCC1. The highest BCUT2D eigenvalue weighted by Gasteiger charge is 2.29. The molecule has 1 fully saturated rings. The van der Waals surface area contributed by atoms with Gasteiger partial charge in [0.2, 0.25) is 0 Å². The van der Waals surface area contributed by atoms with Crippen molar-refractivity contribution < 1.29 is 4.79 Å². The molecule has 18 heavy (non-hydrogen) atoms. The van der Waals surface area contributed by atoms with Gasteiger partial charge in [-0.2, -0.15) is 0 Å². The van der Waals surface area contributed by atoms with E-state index >= 15 is 0 Å². The van der Waals surface area contributed by atoms with E-state index in [-0.39, 0.29) is 11.3 Å². The molecule has 0 unspecified atom stereocenters. The van der Waals surface area contributed by atoms with Crippen LogP contribution in [-0.2, 0) is 0 Å². The molecule has 0 radical (unpaired) electrons. The number of benzene rings is 1. The molecule has 0 bridgehead atoms. The first kappa shape index (κ1) is 13.4. The van der Waals surface area contributed by atoms with Crippen LogP contribution in [-0.4, -0.2) is 12.5 Å². The summed E-state index contributed by atoms with van der Waals surface area (Å²) >= 11 is 3.38. The summed E-state index contributed by atoms with van der Waals surface area (Å²) in [5.74, 6) is -0.0534. The van der Waals surface area contributed by atoms with Gasteiger partial charge in [-0.1, -0.05) is 19.8 Å². The Balaban J connectivity index is 2.01. The number of nitrogens with two attached hydrogens (primary N) is 1. The van der Waals surface area contributed by atoms with Crippen LogP contribution in [0.5, 0.6) is 0 Å². The topological polar surface area (TPSA) is 55.1 Å². The number of hydrogen-bond acceptors (Lipinski definition) is 2. The molecule has 1 amide bonds. The molecule has 0 aliphatic heterocycles. The lowest BCUT2D eigenvalue weighted by molar-refractivity contribution is 0.0933. The van der Waals surface area contributed by atoms with E-state index in [4.69, 9.17) is 5.73 Å². The molecule has 1 aliphatic rings. The van der Waals surface area contributed by atoms with Crippen LogP contribution in [0, 0.1) is 5.41 Å². The van der Waals surface area contributed by atoms with Crippen molar-refractivity contribution >= 4 is 27.5 Å². The Hall–Kier alpha value is -1.03. The number of carbonyl (C=O) groups is 1. The molecular weight excluding hydrogens is 292 g/mol. The molecule has 3 nitrogen and oxygen atoms in total. The summed E-state index contributed by atoms with van der Waals surface area (Å²) in [6, 6.07) is 5.29. The lowest BCUT2D eigenvalue weighted by Crippen LogP contribution is -2.34. The molecule has 0 saturated heterocycles. The average Bonchev–Trinajstić information content (AvgIpc) is 2.77. The fraction of sp³-hybridized carbons (Fsp3) is 0.500. The van der Waals surface area contributed by atoms with Crippen molar-refractivity contribution in [2.24, 2.45) is 5.41 Å². The summed E-state index contributed by atoms with van der Waals surface area (Å²) in [6.45, 7) is 2.99. The van der Waals surface area contributed by atoms with Gasteiger partial charge in [-0.15, -0.1) is 0 Å². The molecule has 2 rings (SSSR count). The Bertz CT molecular complexity index is 453. The van der Waals surface area contributed by atoms with Gasteiger partial charge < -0.3 is 11.1 Å². The maximum Gasteiger partial charge on any atom is 0.252 e. The number of rotatable bonds is 3. The van der Waals surface area contributed by atoms with Crippen molar-refractivity contribution in [2.45, 2.75) is 32.6 Å². The molecule has 1 saturated carbocycles. The predicted octanol–water partition coefficient (Wildman–Crippen LogP) is 3.34. The Morgan fingerprint density at radius 2 is 2.11 bits per heavy atom. The minimum absolute atomic E-state index is 0.0534. The molecule has 3 N–H and O–H groups in total. The number of hydrogen-bond donors (Lipinski definition) is 2. The average molecular weight is 311 g/mol. The molecule has 0 heterocycles. The highest BCUT2D eigenvalue weighted by molar-refractivity contribution is 9.10. The van der Waals surface area contributed by atoms with Gasteiger partial charge in [0, 0.05) is 16.7 Å². The minimum atomic E-state index is -0.0534. The fourth-order valence-corrected chi connectivity index (χ4v) is 2.94. The van der Waals surface area contributed by atoms with Gasteiger partial charge in [-0.25, -0.2) is 0 Å². The maximum absolute atomic E-state index is 12.1. The summed E-state index contributed by atoms with van der Waals surface area (Å²) in [6.07, 6.45) is 4.94. The lowest BCUT2D eigenvalue weighted by atomic mass is 9.89. The van der Waals surface area contributed by atoms with E-state index in [1.807, 2.05) is 6.07 Å². The summed E-state index contributed by atoms with van der Waals surface area (Å²) in [5, 5.41) is 3.02. The lowest BCUT2D eigenvalue weighted by Gasteiger charge is -2.23. The van der Waals surface area contributed by atoms with Crippen LogP contribution in [0.25, 0.3) is 0 Å². The summed E-state index contributed by atoms with van der Waals surface area (Å²) in [5.41, 5.74) is 7.19. The number of carbonyl (C=O) groups excluding carboxylic acids is 1. The second kappa shape index (κ2) is 5.31. The molecule has 4 heteroatoms. The summed E-state index contributed by atoms with van der Waals surface area (Å²) in [4.78, 5) is 12.1. The Morgan fingerprint density at radius 1 is 1.44 bits per heavy atom. The van der Waals surface area contributed by atoms with Gasteiger partial charge >= 0.3 is 0 Å². The summed E-state index contributed by atoms with van der Waals surface area (Å²) in [7, 11) is 0. The molecule has 0 aromatic heterocycles. The van der Waals surface area contributed by atoms with Gasteiger partial charge in [0.25, 0.3) is 5.91 Å². The Morgan fingerprint density at radius 3 is 2.78 bits per heavy atom. The first-order valence-corrected chi connectivity index (χ1v) is 7.13. The smallest absolute Gasteiger partial charge is 0.252 e. The van der Waals surface area contributed by atoms with Crippen molar-refractivity contribution in [1.29, 1.82) is 0 Å². The largest absolute Gasteiger partial charge is 0.399 e. The number of nitrogens with one attached hydrogen (secondary N) is 1. The highest BCUT2D eigenvalue weighted by atomic mass is 79.9. The van der Waals surface area contributed by atoms with Crippen molar-refractivity contribution in [3.63, 3.8) is 0 Å². The second-order valence-corrected chi connectivity index (χ2v) is 6.29. The van der Waals surface area contributed by atoms with Crippen LogP contribution in [0.3, 0.4) is 0 Å². The van der Waals surface area contributed by atoms with Gasteiger partial charge in [-0.3, -0.25) is 4.79 Å². The highest BCUT2D eigenvalue weighted by Crippen LogP contribution is 2.36. The van der Waals surface area contributed by atoms with Crippen molar-refractivity contribution in [3.8, 4) is 0 Å². The standard InChI is InChI=1S/C14H19BrN2O/c1-14(6-2-3-7-14)9-17-13(18)11-8-10(16)4-5-12(11)15/h4-5,8H,2-3,6-7,9,16H2,1H3,(H,17,18). The second-order valence-electron chi connectivity index (χ2n) is 5.44. The summed E-state index contributed by atoms with van der Waals surface area (Å²) < 4.78 is 0.783. The third-order valence-electron chi connectivity index (χ3n) is 3.72. The monoisotopic (exact) mass is 310 g/mol. The third kappa shape index (κ3) is 3.05. The quantitative estimate of drug-likeness (QED) is 0.841. The van der Waals surface area contributed by atoms with Gasteiger partial charge in [0.05, 0.1) is 5.56 Å². The number of amides is 1. The molecular formula is C14H19BrN2O. The van der Waals surface area contributed by atoms with E-state index in [0.29, 0.717) is 11.3 Å². The van der Waals surface area contributed by atoms with E-state index in [1.165, 1.54) is 25.7 Å².